The molecule has 0 saturated heterocycles. The van der Waals surface area contributed by atoms with E-state index < -0.39 is 8.32 Å². The average molecular weight is 470 g/mol. The van der Waals surface area contributed by atoms with E-state index in [1.165, 1.54) is 36.8 Å². The molecule has 0 aliphatic rings. The zero-order valence-electron chi connectivity index (χ0n) is 23.4. The average Bonchev–Trinajstić information content (AvgIpc) is 2.70. The number of benzene rings is 1. The number of para-hydroxylation sites is 1. The van der Waals surface area contributed by atoms with Crippen LogP contribution in [0.15, 0.2) is 23.2 Å². The number of hydrogen-bond acceptors (Lipinski definition) is 2. The zero-order valence-corrected chi connectivity index (χ0v) is 24.4. The van der Waals surface area contributed by atoms with Crippen molar-refractivity contribution in [2.24, 2.45) is 4.99 Å². The van der Waals surface area contributed by atoms with Crippen molar-refractivity contribution < 1.29 is 4.43 Å². The van der Waals surface area contributed by atoms with Crippen molar-refractivity contribution in [1.82, 2.24) is 0 Å². The third-order valence-electron chi connectivity index (χ3n) is 6.51. The van der Waals surface area contributed by atoms with Gasteiger partial charge in [-0.2, -0.15) is 0 Å². The monoisotopic (exact) mass is 469 g/mol. The molecule has 1 atom stereocenters. The lowest BCUT2D eigenvalue weighted by Crippen LogP contribution is -2.56. The molecule has 1 aromatic rings. The molecule has 0 bridgehead atoms. The van der Waals surface area contributed by atoms with Crippen molar-refractivity contribution in [3.8, 4) is 11.5 Å². The minimum absolute atomic E-state index is 0.00144. The van der Waals surface area contributed by atoms with Crippen LogP contribution in [0.3, 0.4) is 0 Å². The second-order valence-corrected chi connectivity index (χ2v) is 16.5. The smallest absolute Gasteiger partial charge is 0.283 e. The summed E-state index contributed by atoms with van der Waals surface area (Å²) in [5.74, 6) is 3.59. The summed E-state index contributed by atoms with van der Waals surface area (Å²) in [6, 6.07) is 6.37. The number of rotatable bonds is 11. The Morgan fingerprint density at radius 3 is 2.00 bits per heavy atom. The van der Waals surface area contributed by atoms with Gasteiger partial charge >= 0.3 is 0 Å². The van der Waals surface area contributed by atoms with Crippen LogP contribution in [-0.2, 0) is 4.43 Å². The van der Waals surface area contributed by atoms with Gasteiger partial charge in [0.15, 0.2) is 0 Å². The summed E-state index contributed by atoms with van der Waals surface area (Å²) < 4.78 is 7.21. The van der Waals surface area contributed by atoms with Gasteiger partial charge in [-0.25, -0.2) is 0 Å². The minimum Gasteiger partial charge on any atom is -0.396 e. The first kappa shape index (κ1) is 29.7. The molecule has 0 fully saturated rings. The maximum atomic E-state index is 7.21. The number of aliphatic imine (C=N–C) groups is 1. The van der Waals surface area contributed by atoms with E-state index in [0.29, 0.717) is 0 Å². The Labute approximate surface area is 207 Å². The first-order valence-corrected chi connectivity index (χ1v) is 15.1. The van der Waals surface area contributed by atoms with Gasteiger partial charge in [0, 0.05) is 12.6 Å². The number of aryl methyl sites for hydroxylation is 2. The van der Waals surface area contributed by atoms with Crippen LogP contribution in [-0.4, -0.2) is 20.6 Å². The van der Waals surface area contributed by atoms with Gasteiger partial charge in [0.25, 0.3) is 8.32 Å². The molecule has 3 heteroatoms. The van der Waals surface area contributed by atoms with Crippen LogP contribution >= 0.6 is 0 Å². The lowest BCUT2D eigenvalue weighted by molar-refractivity contribution is 0.218. The van der Waals surface area contributed by atoms with Gasteiger partial charge in [0.2, 0.25) is 0 Å². The van der Waals surface area contributed by atoms with E-state index in [4.69, 9.17) is 9.42 Å². The van der Waals surface area contributed by atoms with Crippen molar-refractivity contribution in [3.05, 3.63) is 29.3 Å². The van der Waals surface area contributed by atoms with Gasteiger partial charge < -0.3 is 4.43 Å². The van der Waals surface area contributed by atoms with E-state index >= 15 is 0 Å². The standard InChI is InChI=1S/C30H51NOSi/c1-11-13-15-16-17-18-23-33(29(5,6)7,30(8,9)10)32-27(22-14-12-2)24-31-28-25(3)20-19-21-26(28)4/h19-21,24,27H,11-17,22H2,1-10H3. The number of hydrogen-bond donors (Lipinski definition) is 0. The Morgan fingerprint density at radius 1 is 0.909 bits per heavy atom. The normalized spacial score (nSPS) is 13.8. The molecule has 1 unspecified atom stereocenters. The Morgan fingerprint density at radius 2 is 1.48 bits per heavy atom. The van der Waals surface area contributed by atoms with Gasteiger partial charge in [-0.3, -0.25) is 4.99 Å². The molecule has 0 aliphatic heterocycles. The van der Waals surface area contributed by atoms with Gasteiger partial charge in [-0.1, -0.05) is 111 Å². The van der Waals surface area contributed by atoms with Crippen LogP contribution in [0.1, 0.15) is 118 Å². The second-order valence-electron chi connectivity index (χ2n) is 11.6. The summed E-state index contributed by atoms with van der Waals surface area (Å²) in [6.07, 6.45) is 11.3. The SMILES string of the molecule is CCCCCCC#C[Si](OC(C=Nc1c(C)cccc1C)CCCC)(C(C)(C)C)C(C)(C)C. The molecular weight excluding hydrogens is 418 g/mol. The predicted octanol–water partition coefficient (Wildman–Crippen LogP) is 9.64. The van der Waals surface area contributed by atoms with Crippen LogP contribution in [0, 0.1) is 25.3 Å². The van der Waals surface area contributed by atoms with E-state index in [-0.39, 0.29) is 16.2 Å². The second kappa shape index (κ2) is 13.5. The van der Waals surface area contributed by atoms with Crippen LogP contribution in [0.5, 0.6) is 0 Å². The van der Waals surface area contributed by atoms with Crippen molar-refractivity contribution in [2.75, 3.05) is 0 Å². The Bertz CT molecular complexity index is 767. The molecular formula is C30H51NOSi. The fourth-order valence-corrected chi connectivity index (χ4v) is 9.45. The maximum Gasteiger partial charge on any atom is 0.283 e. The van der Waals surface area contributed by atoms with E-state index in [1.54, 1.807) is 0 Å². The number of nitrogens with zero attached hydrogens (tertiary/aromatic N) is 1. The summed E-state index contributed by atoms with van der Waals surface area (Å²) in [5, 5.41) is -0.00287. The van der Waals surface area contributed by atoms with Crippen molar-refractivity contribution in [1.29, 1.82) is 0 Å². The Hall–Kier alpha value is -1.37. The Kier molecular flexibility index (Phi) is 12.1. The highest BCUT2D eigenvalue weighted by atomic mass is 28.4. The van der Waals surface area contributed by atoms with Gasteiger partial charge in [0.05, 0.1) is 11.8 Å². The molecule has 1 aromatic carbocycles. The van der Waals surface area contributed by atoms with Crippen LogP contribution in [0.25, 0.3) is 0 Å². The number of unbranched alkanes of at least 4 members (excludes halogenated alkanes) is 5. The summed E-state index contributed by atoms with van der Waals surface area (Å²) in [4.78, 5) is 4.96. The van der Waals surface area contributed by atoms with Crippen LogP contribution in [0.2, 0.25) is 10.1 Å². The molecule has 0 aliphatic carbocycles. The highest BCUT2D eigenvalue weighted by molar-refractivity contribution is 6.86. The molecule has 1 rings (SSSR count). The summed E-state index contributed by atoms with van der Waals surface area (Å²) in [6.45, 7) is 22.7. The van der Waals surface area contributed by atoms with E-state index in [2.05, 4.69) is 105 Å². The molecule has 0 spiro atoms. The fraction of sp³-hybridized carbons (Fsp3) is 0.700. The zero-order chi connectivity index (χ0) is 25.1. The maximum absolute atomic E-state index is 7.21. The molecule has 0 aromatic heterocycles. The van der Waals surface area contributed by atoms with Gasteiger partial charge in [-0.15, -0.1) is 5.92 Å². The molecule has 186 valence electrons. The highest BCUT2D eigenvalue weighted by Crippen LogP contribution is 2.52. The van der Waals surface area contributed by atoms with Crippen molar-refractivity contribution >= 4 is 20.2 Å². The summed E-state index contributed by atoms with van der Waals surface area (Å²) >= 11 is 0. The highest BCUT2D eigenvalue weighted by Gasteiger charge is 2.55. The van der Waals surface area contributed by atoms with Gasteiger partial charge in [0.1, 0.15) is 0 Å². The molecule has 0 amide bonds. The topological polar surface area (TPSA) is 21.6 Å². The largest absolute Gasteiger partial charge is 0.396 e. The molecule has 0 radical (unpaired) electrons. The van der Waals surface area contributed by atoms with Crippen molar-refractivity contribution in [2.45, 2.75) is 137 Å². The Balaban J connectivity index is 3.35. The fourth-order valence-electron chi connectivity index (χ4n) is 4.67. The molecule has 0 heterocycles. The quantitative estimate of drug-likeness (QED) is 0.137. The molecule has 0 N–H and O–H groups in total. The first-order chi connectivity index (χ1) is 15.4. The predicted molar refractivity (Wildman–Crippen MR) is 150 cm³/mol. The van der Waals surface area contributed by atoms with Gasteiger partial charge in [-0.05, 0) is 47.9 Å². The molecule has 2 nitrogen and oxygen atoms in total. The lowest BCUT2D eigenvalue weighted by atomic mass is 10.1. The van der Waals surface area contributed by atoms with Crippen LogP contribution < -0.4 is 0 Å². The van der Waals surface area contributed by atoms with E-state index in [9.17, 15) is 0 Å². The third-order valence-corrected chi connectivity index (χ3v) is 11.9. The van der Waals surface area contributed by atoms with Crippen molar-refractivity contribution in [3.63, 3.8) is 0 Å². The molecule has 33 heavy (non-hydrogen) atoms. The summed E-state index contributed by atoms with van der Waals surface area (Å²) in [7, 11) is -2.50. The van der Waals surface area contributed by atoms with Crippen LogP contribution in [0.4, 0.5) is 5.69 Å². The van der Waals surface area contributed by atoms with E-state index in [1.807, 2.05) is 0 Å². The minimum atomic E-state index is -2.50. The summed E-state index contributed by atoms with van der Waals surface area (Å²) in [5.41, 5.74) is 7.32. The van der Waals surface area contributed by atoms with E-state index in [0.717, 1.165) is 31.4 Å². The lowest BCUT2D eigenvalue weighted by Gasteiger charge is -2.48. The first-order valence-electron chi connectivity index (χ1n) is 13.2. The molecule has 0 saturated carbocycles. The third kappa shape index (κ3) is 8.73.